The molecule has 0 aromatic carbocycles. The van der Waals surface area contributed by atoms with Gasteiger partial charge in [-0.25, -0.2) is 4.79 Å². The van der Waals surface area contributed by atoms with Crippen LogP contribution in [-0.2, 0) is 14.4 Å². The number of rotatable bonds is 6. The standard InChI is InChI=1S/C10H14N2O3/c1-4-11-7-5-6-9(12-15-3)8-10(13)14-2/h4-8,12H,1H2,2-3H3/b6-5-,9-8-,11-7?. The molecule has 0 aromatic heterocycles. The van der Waals surface area contributed by atoms with Crippen LogP contribution in [-0.4, -0.2) is 26.4 Å². The number of allylic oxidation sites excluding steroid dienone is 2. The molecule has 0 aliphatic carbocycles. The van der Waals surface area contributed by atoms with Gasteiger partial charge in [-0.3, -0.25) is 15.3 Å². The van der Waals surface area contributed by atoms with E-state index >= 15 is 0 Å². The summed E-state index contributed by atoms with van der Waals surface area (Å²) >= 11 is 0. The molecule has 1 N–H and O–H groups in total. The number of hydroxylamine groups is 1. The number of hydrogen-bond donors (Lipinski definition) is 1. The molecule has 15 heavy (non-hydrogen) atoms. The van der Waals surface area contributed by atoms with Gasteiger partial charge in [0.2, 0.25) is 0 Å². The molecule has 82 valence electrons. The zero-order valence-corrected chi connectivity index (χ0v) is 8.77. The Morgan fingerprint density at radius 3 is 2.73 bits per heavy atom. The van der Waals surface area contributed by atoms with E-state index in [2.05, 4.69) is 26.6 Å². The van der Waals surface area contributed by atoms with Crippen LogP contribution in [0.25, 0.3) is 0 Å². The molecule has 0 rings (SSSR count). The molecule has 0 heterocycles. The summed E-state index contributed by atoms with van der Waals surface area (Å²) in [5, 5.41) is 0. The highest BCUT2D eigenvalue weighted by molar-refractivity contribution is 5.83. The van der Waals surface area contributed by atoms with Crippen molar-refractivity contribution < 1.29 is 14.4 Å². The molecular weight excluding hydrogens is 196 g/mol. The lowest BCUT2D eigenvalue weighted by atomic mass is 10.3. The third-order valence-electron chi connectivity index (χ3n) is 1.25. The van der Waals surface area contributed by atoms with Crippen LogP contribution in [0.3, 0.4) is 0 Å². The Morgan fingerprint density at radius 1 is 1.47 bits per heavy atom. The molecule has 0 aliphatic heterocycles. The number of nitrogens with one attached hydrogen (secondary N) is 1. The summed E-state index contributed by atoms with van der Waals surface area (Å²) in [5.41, 5.74) is 2.97. The van der Waals surface area contributed by atoms with Crippen LogP contribution in [0.2, 0.25) is 0 Å². The molecule has 0 saturated heterocycles. The van der Waals surface area contributed by atoms with Crippen LogP contribution >= 0.6 is 0 Å². The van der Waals surface area contributed by atoms with Gasteiger partial charge in [0.25, 0.3) is 0 Å². The van der Waals surface area contributed by atoms with Crippen molar-refractivity contribution in [2.75, 3.05) is 14.2 Å². The third-order valence-corrected chi connectivity index (χ3v) is 1.25. The van der Waals surface area contributed by atoms with Crippen molar-refractivity contribution in [2.45, 2.75) is 0 Å². The van der Waals surface area contributed by atoms with E-state index in [-0.39, 0.29) is 0 Å². The van der Waals surface area contributed by atoms with Crippen molar-refractivity contribution in [3.8, 4) is 0 Å². The Labute approximate surface area is 88.7 Å². The van der Waals surface area contributed by atoms with Crippen LogP contribution in [0, 0.1) is 0 Å². The molecule has 0 fully saturated rings. The minimum absolute atomic E-state index is 0.458. The summed E-state index contributed by atoms with van der Waals surface area (Å²) < 4.78 is 4.46. The number of hydrogen-bond acceptors (Lipinski definition) is 5. The molecule has 0 amide bonds. The molecule has 0 bridgehead atoms. The van der Waals surface area contributed by atoms with Gasteiger partial charge >= 0.3 is 5.97 Å². The predicted molar refractivity (Wildman–Crippen MR) is 58.1 cm³/mol. The number of esters is 1. The second-order valence-corrected chi connectivity index (χ2v) is 2.27. The maximum absolute atomic E-state index is 10.9. The molecule has 0 aromatic rings. The average Bonchev–Trinajstić information content (AvgIpc) is 2.24. The smallest absolute Gasteiger partial charge is 0.332 e. The summed E-state index contributed by atoms with van der Waals surface area (Å²) in [7, 11) is 2.74. The molecular formula is C10H14N2O3. The zero-order valence-electron chi connectivity index (χ0n) is 8.77. The fourth-order valence-corrected chi connectivity index (χ4v) is 0.673. The molecule has 0 spiro atoms. The largest absolute Gasteiger partial charge is 0.466 e. The lowest BCUT2D eigenvalue weighted by Gasteiger charge is -2.02. The fourth-order valence-electron chi connectivity index (χ4n) is 0.673. The molecule has 0 unspecified atom stereocenters. The fraction of sp³-hybridized carbons (Fsp3) is 0.200. The number of ether oxygens (including phenoxy) is 1. The highest BCUT2D eigenvalue weighted by atomic mass is 16.6. The van der Waals surface area contributed by atoms with E-state index in [1.54, 1.807) is 12.2 Å². The maximum Gasteiger partial charge on any atom is 0.332 e. The van der Waals surface area contributed by atoms with E-state index in [4.69, 9.17) is 0 Å². The zero-order chi connectivity index (χ0) is 11.5. The van der Waals surface area contributed by atoms with Gasteiger partial charge in [-0.15, -0.1) is 0 Å². The van der Waals surface area contributed by atoms with E-state index in [0.29, 0.717) is 5.70 Å². The number of aliphatic imine (C=N–C) groups is 1. The first-order valence-corrected chi connectivity index (χ1v) is 4.14. The first kappa shape index (κ1) is 13.1. The van der Waals surface area contributed by atoms with Crippen molar-refractivity contribution in [2.24, 2.45) is 4.99 Å². The van der Waals surface area contributed by atoms with Crippen molar-refractivity contribution in [3.63, 3.8) is 0 Å². The highest BCUT2D eigenvalue weighted by Gasteiger charge is 1.96. The van der Waals surface area contributed by atoms with Gasteiger partial charge in [0.05, 0.1) is 19.9 Å². The Balaban J connectivity index is 4.45. The van der Waals surface area contributed by atoms with Gasteiger partial charge in [-0.05, 0) is 12.2 Å². The number of carbonyl (C=O) groups excluding carboxylic acids is 1. The Hall–Kier alpha value is -1.88. The van der Waals surface area contributed by atoms with E-state index in [1.165, 1.54) is 32.7 Å². The highest BCUT2D eigenvalue weighted by Crippen LogP contribution is 1.92. The van der Waals surface area contributed by atoms with Crippen LogP contribution in [0.4, 0.5) is 0 Å². The van der Waals surface area contributed by atoms with Crippen molar-refractivity contribution in [1.29, 1.82) is 0 Å². The maximum atomic E-state index is 10.9. The summed E-state index contributed by atoms with van der Waals surface area (Å²) in [5.74, 6) is -0.472. The van der Waals surface area contributed by atoms with Crippen LogP contribution in [0.15, 0.2) is 41.7 Å². The molecule has 0 saturated carbocycles. The Kier molecular flexibility index (Phi) is 7.62. The van der Waals surface area contributed by atoms with E-state index in [0.717, 1.165) is 0 Å². The van der Waals surface area contributed by atoms with Gasteiger partial charge in [0.15, 0.2) is 0 Å². The van der Waals surface area contributed by atoms with Crippen LogP contribution in [0.5, 0.6) is 0 Å². The van der Waals surface area contributed by atoms with Gasteiger partial charge in [-0.2, -0.15) is 0 Å². The van der Waals surface area contributed by atoms with Crippen molar-refractivity contribution >= 4 is 12.2 Å². The quantitative estimate of drug-likeness (QED) is 0.233. The average molecular weight is 210 g/mol. The van der Waals surface area contributed by atoms with Crippen molar-refractivity contribution in [1.82, 2.24) is 5.48 Å². The van der Waals surface area contributed by atoms with E-state index < -0.39 is 5.97 Å². The SMILES string of the molecule is C=CN=C/C=C\C(=C\C(=O)OC)NOC. The molecule has 0 aliphatic rings. The van der Waals surface area contributed by atoms with Crippen molar-refractivity contribution in [3.05, 3.63) is 36.7 Å². The lowest BCUT2D eigenvalue weighted by molar-refractivity contribution is -0.134. The van der Waals surface area contributed by atoms with Gasteiger partial charge in [0.1, 0.15) is 0 Å². The minimum Gasteiger partial charge on any atom is -0.466 e. The van der Waals surface area contributed by atoms with Crippen LogP contribution in [0.1, 0.15) is 0 Å². The second-order valence-electron chi connectivity index (χ2n) is 2.27. The third kappa shape index (κ3) is 7.21. The van der Waals surface area contributed by atoms with E-state index in [9.17, 15) is 4.79 Å². The summed E-state index contributed by atoms with van der Waals surface area (Å²) in [6, 6.07) is 0. The first-order chi connectivity index (χ1) is 7.24. The van der Waals surface area contributed by atoms with Crippen LogP contribution < -0.4 is 5.48 Å². The second kappa shape index (κ2) is 8.71. The predicted octanol–water partition coefficient (Wildman–Crippen LogP) is 0.965. The molecule has 5 heteroatoms. The molecule has 0 atom stereocenters. The monoisotopic (exact) mass is 210 g/mol. The first-order valence-electron chi connectivity index (χ1n) is 4.14. The van der Waals surface area contributed by atoms with Gasteiger partial charge in [-0.1, -0.05) is 6.58 Å². The number of nitrogens with zero attached hydrogens (tertiary/aromatic N) is 1. The minimum atomic E-state index is -0.472. The number of carbonyl (C=O) groups is 1. The molecule has 5 nitrogen and oxygen atoms in total. The normalized spacial score (nSPS) is 12.0. The van der Waals surface area contributed by atoms with E-state index in [1.807, 2.05) is 0 Å². The molecule has 0 radical (unpaired) electrons. The topological polar surface area (TPSA) is 59.9 Å². The number of methoxy groups -OCH3 is 1. The van der Waals surface area contributed by atoms with Gasteiger partial charge in [0, 0.05) is 18.5 Å². The van der Waals surface area contributed by atoms with Gasteiger partial charge < -0.3 is 4.74 Å². The summed E-state index contributed by atoms with van der Waals surface area (Å²) in [6.45, 7) is 3.41. The summed E-state index contributed by atoms with van der Waals surface area (Å²) in [6.07, 6.45) is 7.41. The Morgan fingerprint density at radius 2 is 2.20 bits per heavy atom. The lowest BCUT2D eigenvalue weighted by Crippen LogP contribution is -2.11. The Bertz CT molecular complexity index is 293. The summed E-state index contributed by atoms with van der Waals surface area (Å²) in [4.78, 5) is 19.3.